The van der Waals surface area contributed by atoms with Crippen molar-refractivity contribution in [2.75, 3.05) is 30.5 Å². The first-order valence-electron chi connectivity index (χ1n) is 6.41. The Morgan fingerprint density at radius 3 is 2.67 bits per heavy atom. The van der Waals surface area contributed by atoms with Crippen molar-refractivity contribution in [3.63, 3.8) is 0 Å². The van der Waals surface area contributed by atoms with Crippen molar-refractivity contribution >= 4 is 32.4 Å². The standard InChI is InChI=1S/C14H18N4O2S/c1-18(7-8-21(2,19)20)14-11(13(15)16)9-10-5-3-4-6-12(10)17-14/h3-6,9H,7-8H2,1-2H3,(H3,15,16). The van der Waals surface area contributed by atoms with Crippen molar-refractivity contribution in [2.24, 2.45) is 5.73 Å². The molecule has 1 aromatic carbocycles. The molecule has 3 N–H and O–H groups in total. The van der Waals surface area contributed by atoms with Crippen molar-refractivity contribution < 1.29 is 8.42 Å². The molecule has 1 heterocycles. The minimum absolute atomic E-state index is 0.0232. The van der Waals surface area contributed by atoms with Gasteiger partial charge in [-0.2, -0.15) is 0 Å². The summed E-state index contributed by atoms with van der Waals surface area (Å²) < 4.78 is 22.6. The number of nitrogen functional groups attached to an aromatic ring is 1. The summed E-state index contributed by atoms with van der Waals surface area (Å²) in [4.78, 5) is 6.22. The smallest absolute Gasteiger partial charge is 0.149 e. The molecule has 2 rings (SSSR count). The molecule has 0 aliphatic carbocycles. The molecule has 0 atom stereocenters. The van der Waals surface area contributed by atoms with Gasteiger partial charge in [0.1, 0.15) is 21.5 Å². The Bertz CT molecular complexity index is 787. The van der Waals surface area contributed by atoms with Gasteiger partial charge in [0.15, 0.2) is 0 Å². The van der Waals surface area contributed by atoms with Crippen LogP contribution < -0.4 is 10.6 Å². The fraction of sp³-hybridized carbons (Fsp3) is 0.286. The van der Waals surface area contributed by atoms with E-state index in [0.29, 0.717) is 17.9 Å². The number of nitrogens with zero attached hydrogens (tertiary/aromatic N) is 2. The molecule has 0 radical (unpaired) electrons. The summed E-state index contributed by atoms with van der Waals surface area (Å²) in [6.45, 7) is 0.296. The monoisotopic (exact) mass is 306 g/mol. The van der Waals surface area contributed by atoms with Crippen LogP contribution in [-0.2, 0) is 9.84 Å². The summed E-state index contributed by atoms with van der Waals surface area (Å²) in [6, 6.07) is 9.34. The number of nitrogens with two attached hydrogens (primary N) is 1. The van der Waals surface area contributed by atoms with Crippen LogP contribution in [0.15, 0.2) is 30.3 Å². The summed E-state index contributed by atoms with van der Waals surface area (Å²) in [5.74, 6) is 0.453. The summed E-state index contributed by atoms with van der Waals surface area (Å²) in [6.07, 6.45) is 1.19. The van der Waals surface area contributed by atoms with Gasteiger partial charge in [0.2, 0.25) is 0 Å². The molecule has 0 fully saturated rings. The van der Waals surface area contributed by atoms with Crippen molar-refractivity contribution in [3.05, 3.63) is 35.9 Å². The van der Waals surface area contributed by atoms with Gasteiger partial charge in [-0.1, -0.05) is 18.2 Å². The number of fused-ring (bicyclic) bond motifs is 1. The lowest BCUT2D eigenvalue weighted by Crippen LogP contribution is -2.28. The van der Waals surface area contributed by atoms with Crippen LogP contribution in [0.2, 0.25) is 0 Å². The molecular weight excluding hydrogens is 288 g/mol. The van der Waals surface area contributed by atoms with E-state index >= 15 is 0 Å². The highest BCUT2D eigenvalue weighted by Gasteiger charge is 2.15. The van der Waals surface area contributed by atoms with Crippen LogP contribution in [-0.4, -0.2) is 44.8 Å². The molecule has 0 spiro atoms. The third kappa shape index (κ3) is 3.69. The van der Waals surface area contributed by atoms with Gasteiger partial charge in [-0.25, -0.2) is 13.4 Å². The number of sulfone groups is 1. The fourth-order valence-electron chi connectivity index (χ4n) is 2.00. The number of aromatic nitrogens is 1. The minimum Gasteiger partial charge on any atom is -0.384 e. The molecule has 7 heteroatoms. The molecule has 0 aliphatic rings. The third-order valence-electron chi connectivity index (χ3n) is 3.15. The second-order valence-corrected chi connectivity index (χ2v) is 7.28. The Morgan fingerprint density at radius 1 is 1.38 bits per heavy atom. The summed E-state index contributed by atoms with van der Waals surface area (Å²) in [5.41, 5.74) is 6.91. The number of para-hydroxylation sites is 1. The Morgan fingerprint density at radius 2 is 2.05 bits per heavy atom. The van der Waals surface area contributed by atoms with Gasteiger partial charge in [-0.15, -0.1) is 0 Å². The second kappa shape index (κ2) is 5.69. The Balaban J connectivity index is 2.45. The maximum Gasteiger partial charge on any atom is 0.149 e. The normalized spacial score (nSPS) is 11.5. The van der Waals surface area contributed by atoms with Crippen LogP contribution in [0.4, 0.5) is 5.82 Å². The van der Waals surface area contributed by atoms with E-state index in [2.05, 4.69) is 4.98 Å². The first kappa shape index (κ1) is 15.2. The SMILES string of the molecule is CN(CCS(C)(=O)=O)c1nc2ccccc2cc1C(=N)N. The molecule has 0 unspecified atom stereocenters. The van der Waals surface area contributed by atoms with Crippen molar-refractivity contribution in [1.82, 2.24) is 4.98 Å². The van der Waals surface area contributed by atoms with Crippen molar-refractivity contribution in [3.8, 4) is 0 Å². The van der Waals surface area contributed by atoms with E-state index in [1.807, 2.05) is 24.3 Å². The van der Waals surface area contributed by atoms with Crippen molar-refractivity contribution in [2.45, 2.75) is 0 Å². The molecule has 0 amide bonds. The Kier molecular flexibility index (Phi) is 4.13. The first-order chi connectivity index (χ1) is 9.78. The molecule has 21 heavy (non-hydrogen) atoms. The predicted octanol–water partition coefficient (Wildman–Crippen LogP) is 1.000. The van der Waals surface area contributed by atoms with Gasteiger partial charge in [-0.05, 0) is 12.1 Å². The maximum absolute atomic E-state index is 11.3. The van der Waals surface area contributed by atoms with E-state index in [1.165, 1.54) is 6.26 Å². The van der Waals surface area contributed by atoms with E-state index in [0.717, 1.165) is 10.9 Å². The molecule has 6 nitrogen and oxygen atoms in total. The highest BCUT2D eigenvalue weighted by molar-refractivity contribution is 7.90. The summed E-state index contributed by atoms with van der Waals surface area (Å²) in [5, 5.41) is 8.58. The molecule has 0 saturated heterocycles. The predicted molar refractivity (Wildman–Crippen MR) is 85.7 cm³/mol. The van der Waals surface area contributed by atoms with Crippen LogP contribution in [0.25, 0.3) is 10.9 Å². The number of pyridine rings is 1. The Hall–Kier alpha value is -2.15. The van der Waals surface area contributed by atoms with E-state index in [-0.39, 0.29) is 11.6 Å². The minimum atomic E-state index is -3.06. The molecule has 1 aromatic heterocycles. The zero-order valence-electron chi connectivity index (χ0n) is 12.0. The summed E-state index contributed by atoms with van der Waals surface area (Å²) in [7, 11) is -1.31. The van der Waals surface area contributed by atoms with Gasteiger partial charge in [0.25, 0.3) is 0 Å². The summed E-state index contributed by atoms with van der Waals surface area (Å²) >= 11 is 0. The quantitative estimate of drug-likeness (QED) is 0.634. The number of rotatable bonds is 5. The zero-order valence-corrected chi connectivity index (χ0v) is 12.8. The maximum atomic E-state index is 11.3. The lowest BCUT2D eigenvalue weighted by atomic mass is 10.1. The molecule has 112 valence electrons. The van der Waals surface area contributed by atoms with E-state index < -0.39 is 9.84 Å². The van der Waals surface area contributed by atoms with E-state index in [9.17, 15) is 8.42 Å². The average molecular weight is 306 g/mol. The Labute approximate surface area is 124 Å². The number of nitrogens with one attached hydrogen (secondary N) is 1. The number of benzene rings is 1. The van der Waals surface area contributed by atoms with Crippen LogP contribution in [0.5, 0.6) is 0 Å². The van der Waals surface area contributed by atoms with Gasteiger partial charge in [0.05, 0.1) is 16.8 Å². The number of amidine groups is 1. The first-order valence-corrected chi connectivity index (χ1v) is 8.47. The van der Waals surface area contributed by atoms with Gasteiger partial charge in [-0.3, -0.25) is 5.41 Å². The van der Waals surface area contributed by atoms with Gasteiger partial charge >= 0.3 is 0 Å². The lowest BCUT2D eigenvalue weighted by molar-refractivity contribution is 0.601. The van der Waals surface area contributed by atoms with Crippen LogP contribution in [0.1, 0.15) is 5.56 Å². The van der Waals surface area contributed by atoms with Gasteiger partial charge in [0, 0.05) is 25.2 Å². The molecule has 0 aliphatic heterocycles. The number of anilines is 1. The van der Waals surface area contributed by atoms with Crippen molar-refractivity contribution in [1.29, 1.82) is 5.41 Å². The molecule has 0 bridgehead atoms. The highest BCUT2D eigenvalue weighted by atomic mass is 32.2. The second-order valence-electron chi connectivity index (χ2n) is 5.02. The number of hydrogen-bond donors (Lipinski definition) is 2. The molecular formula is C14H18N4O2S. The highest BCUT2D eigenvalue weighted by Crippen LogP contribution is 2.22. The third-order valence-corrected chi connectivity index (χ3v) is 4.08. The molecule has 0 saturated carbocycles. The topological polar surface area (TPSA) is 100 Å². The lowest BCUT2D eigenvalue weighted by Gasteiger charge is -2.21. The van der Waals surface area contributed by atoms with Crippen LogP contribution >= 0.6 is 0 Å². The largest absolute Gasteiger partial charge is 0.384 e. The average Bonchev–Trinajstić information content (AvgIpc) is 2.42. The van der Waals surface area contributed by atoms with E-state index in [1.54, 1.807) is 18.0 Å². The van der Waals surface area contributed by atoms with E-state index in [4.69, 9.17) is 11.1 Å². The number of hydrogen-bond acceptors (Lipinski definition) is 5. The zero-order chi connectivity index (χ0) is 15.6. The van der Waals surface area contributed by atoms with Crippen LogP contribution in [0.3, 0.4) is 0 Å². The fourth-order valence-corrected chi connectivity index (χ4v) is 2.61. The van der Waals surface area contributed by atoms with Crippen LogP contribution in [0, 0.1) is 5.41 Å². The van der Waals surface area contributed by atoms with Gasteiger partial charge < -0.3 is 10.6 Å². The molecule has 2 aromatic rings.